The molecule has 1 aliphatic heterocycles. The van der Waals surface area contributed by atoms with Crippen LogP contribution in [-0.4, -0.2) is 29.7 Å². The van der Waals surface area contributed by atoms with Gasteiger partial charge in [0.15, 0.2) is 5.78 Å². The molecule has 0 bridgehead atoms. The Labute approximate surface area is 140 Å². The van der Waals surface area contributed by atoms with Crippen LogP contribution in [0.4, 0.5) is 0 Å². The summed E-state index contributed by atoms with van der Waals surface area (Å²) in [6.07, 6.45) is 19.2. The molecule has 0 aromatic heterocycles. The molecule has 23 heavy (non-hydrogen) atoms. The molecule has 0 amide bonds. The van der Waals surface area contributed by atoms with E-state index in [2.05, 4.69) is 19.1 Å². The third kappa shape index (κ3) is 6.08. The third-order valence-corrected chi connectivity index (χ3v) is 4.56. The molecule has 0 aromatic rings. The summed E-state index contributed by atoms with van der Waals surface area (Å²) >= 11 is 0. The summed E-state index contributed by atoms with van der Waals surface area (Å²) in [6, 6.07) is 0. The van der Waals surface area contributed by atoms with E-state index in [0.29, 0.717) is 0 Å². The van der Waals surface area contributed by atoms with Crippen molar-refractivity contribution < 1.29 is 14.6 Å². The molecule has 0 saturated carbocycles. The fraction of sp³-hybridized carbons (Fsp3) is 0.650. The maximum atomic E-state index is 12.0. The standard InChI is InChI=1S/C20H30O3/c1-2-3-4-5-6-7-10-16-12-13-18(22)17(16)15-20-19(23-20)11-8-9-14-21/h6-7,12-13,15-16,19-21H,2-5,8-11,14H2,1H3/b7-6-,17-15+/t16-,19+,20+/m0/s1. The van der Waals surface area contributed by atoms with E-state index in [1.165, 1.54) is 19.3 Å². The number of carbonyl (C=O) groups excluding carboxylic acids is 1. The molecular weight excluding hydrogens is 288 g/mol. The second-order valence-corrected chi connectivity index (χ2v) is 6.51. The first kappa shape index (κ1) is 18.2. The Kier molecular flexibility index (Phi) is 7.77. The summed E-state index contributed by atoms with van der Waals surface area (Å²) in [5.41, 5.74) is 0.901. The lowest BCUT2D eigenvalue weighted by molar-refractivity contribution is -0.111. The molecule has 0 radical (unpaired) electrons. The van der Waals surface area contributed by atoms with E-state index in [-0.39, 0.29) is 30.5 Å². The van der Waals surface area contributed by atoms with Crippen molar-refractivity contribution in [3.8, 4) is 0 Å². The lowest BCUT2D eigenvalue weighted by Gasteiger charge is -2.06. The largest absolute Gasteiger partial charge is 0.396 e. The van der Waals surface area contributed by atoms with Gasteiger partial charge in [-0.15, -0.1) is 0 Å². The average molecular weight is 318 g/mol. The van der Waals surface area contributed by atoms with Gasteiger partial charge in [0.05, 0.1) is 6.10 Å². The smallest absolute Gasteiger partial charge is 0.181 e. The summed E-state index contributed by atoms with van der Waals surface area (Å²) in [5.74, 6) is 0.353. The SMILES string of the molecule is CCCCC/C=C\C[C@H]1C=CC(=O)/C1=C/[C@H]1O[C@@H]1CCCCO. The van der Waals surface area contributed by atoms with Crippen LogP contribution in [0, 0.1) is 5.92 Å². The van der Waals surface area contributed by atoms with Crippen molar-refractivity contribution in [2.24, 2.45) is 5.92 Å². The molecule has 3 atom stereocenters. The van der Waals surface area contributed by atoms with Gasteiger partial charge in [-0.05, 0) is 50.7 Å². The van der Waals surface area contributed by atoms with Gasteiger partial charge < -0.3 is 9.84 Å². The fourth-order valence-corrected chi connectivity index (χ4v) is 3.04. The number of ether oxygens (including phenoxy) is 1. The van der Waals surface area contributed by atoms with Gasteiger partial charge in [-0.2, -0.15) is 0 Å². The normalized spacial score (nSPS) is 28.3. The second kappa shape index (κ2) is 9.84. The summed E-state index contributed by atoms with van der Waals surface area (Å²) in [6.45, 7) is 2.46. The molecule has 1 saturated heterocycles. The summed E-state index contributed by atoms with van der Waals surface area (Å²) in [4.78, 5) is 12.0. The van der Waals surface area contributed by atoms with Crippen LogP contribution in [0.15, 0.2) is 36.0 Å². The number of ketones is 1. The first-order chi connectivity index (χ1) is 11.3. The minimum Gasteiger partial charge on any atom is -0.396 e. The average Bonchev–Trinajstić information content (AvgIpc) is 3.20. The van der Waals surface area contributed by atoms with E-state index in [1.807, 2.05) is 12.2 Å². The predicted octanol–water partition coefficient (Wildman–Crippen LogP) is 4.12. The number of aliphatic hydroxyl groups excluding tert-OH is 1. The van der Waals surface area contributed by atoms with Crippen molar-refractivity contribution in [1.29, 1.82) is 0 Å². The fourth-order valence-electron chi connectivity index (χ4n) is 3.04. The lowest BCUT2D eigenvalue weighted by Crippen LogP contribution is -2.04. The maximum Gasteiger partial charge on any atom is 0.181 e. The highest BCUT2D eigenvalue weighted by Gasteiger charge is 2.38. The van der Waals surface area contributed by atoms with Crippen LogP contribution in [-0.2, 0) is 9.53 Å². The quantitative estimate of drug-likeness (QED) is 0.270. The summed E-state index contributed by atoms with van der Waals surface area (Å²) < 4.78 is 5.64. The topological polar surface area (TPSA) is 49.8 Å². The molecule has 2 aliphatic rings. The van der Waals surface area contributed by atoms with Crippen molar-refractivity contribution in [2.45, 2.75) is 70.5 Å². The molecule has 3 heteroatoms. The van der Waals surface area contributed by atoms with Crippen molar-refractivity contribution in [3.05, 3.63) is 36.0 Å². The zero-order valence-electron chi connectivity index (χ0n) is 14.2. The van der Waals surface area contributed by atoms with E-state index in [1.54, 1.807) is 6.08 Å². The van der Waals surface area contributed by atoms with Crippen LogP contribution in [0.25, 0.3) is 0 Å². The van der Waals surface area contributed by atoms with Gasteiger partial charge in [0.1, 0.15) is 6.10 Å². The maximum absolute atomic E-state index is 12.0. The highest BCUT2D eigenvalue weighted by molar-refractivity contribution is 6.07. The van der Waals surface area contributed by atoms with Crippen LogP contribution in [0.1, 0.15) is 58.3 Å². The molecular formula is C20H30O3. The van der Waals surface area contributed by atoms with Gasteiger partial charge >= 0.3 is 0 Å². The highest BCUT2D eigenvalue weighted by atomic mass is 16.6. The Morgan fingerprint density at radius 2 is 2.09 bits per heavy atom. The van der Waals surface area contributed by atoms with E-state index < -0.39 is 0 Å². The number of hydrogen-bond acceptors (Lipinski definition) is 3. The Morgan fingerprint density at radius 1 is 1.22 bits per heavy atom. The van der Waals surface area contributed by atoms with Crippen LogP contribution in [0.2, 0.25) is 0 Å². The van der Waals surface area contributed by atoms with Crippen molar-refractivity contribution >= 4 is 5.78 Å². The van der Waals surface area contributed by atoms with Crippen LogP contribution in [0.3, 0.4) is 0 Å². The minimum absolute atomic E-state index is 0.101. The Bertz CT molecular complexity index is 462. The molecule has 1 fully saturated rings. The zero-order chi connectivity index (χ0) is 16.5. The molecule has 2 rings (SSSR count). The first-order valence-electron chi connectivity index (χ1n) is 9.11. The summed E-state index contributed by atoms with van der Waals surface area (Å²) in [7, 11) is 0. The Balaban J connectivity index is 1.76. The van der Waals surface area contributed by atoms with Crippen molar-refractivity contribution in [3.63, 3.8) is 0 Å². The monoisotopic (exact) mass is 318 g/mol. The lowest BCUT2D eigenvalue weighted by atomic mass is 9.96. The van der Waals surface area contributed by atoms with Gasteiger partial charge in [-0.25, -0.2) is 0 Å². The second-order valence-electron chi connectivity index (χ2n) is 6.51. The first-order valence-corrected chi connectivity index (χ1v) is 9.11. The number of allylic oxidation sites excluding steroid dienone is 5. The number of aliphatic hydroxyl groups is 1. The van der Waals surface area contributed by atoms with Crippen molar-refractivity contribution in [1.82, 2.24) is 0 Å². The van der Waals surface area contributed by atoms with Gasteiger partial charge in [-0.3, -0.25) is 4.79 Å². The van der Waals surface area contributed by atoms with Crippen LogP contribution >= 0.6 is 0 Å². The molecule has 128 valence electrons. The number of carbonyl (C=O) groups is 1. The summed E-state index contributed by atoms with van der Waals surface area (Å²) in [5, 5.41) is 8.80. The highest BCUT2D eigenvalue weighted by Crippen LogP contribution is 2.33. The third-order valence-electron chi connectivity index (χ3n) is 4.56. The molecule has 0 unspecified atom stereocenters. The Morgan fingerprint density at radius 3 is 2.87 bits per heavy atom. The van der Waals surface area contributed by atoms with Crippen molar-refractivity contribution in [2.75, 3.05) is 6.61 Å². The Hall–Kier alpha value is -1.19. The molecule has 1 aliphatic carbocycles. The van der Waals surface area contributed by atoms with E-state index in [9.17, 15) is 4.79 Å². The van der Waals surface area contributed by atoms with Crippen LogP contribution in [0.5, 0.6) is 0 Å². The molecule has 1 heterocycles. The number of epoxide rings is 1. The van der Waals surface area contributed by atoms with Gasteiger partial charge in [0.25, 0.3) is 0 Å². The number of hydrogen-bond donors (Lipinski definition) is 1. The number of unbranched alkanes of at least 4 members (excludes halogenated alkanes) is 4. The van der Waals surface area contributed by atoms with E-state index in [4.69, 9.17) is 9.84 Å². The number of rotatable bonds is 11. The molecule has 1 N–H and O–H groups in total. The van der Waals surface area contributed by atoms with E-state index >= 15 is 0 Å². The molecule has 0 spiro atoms. The zero-order valence-corrected chi connectivity index (χ0v) is 14.2. The van der Waals surface area contributed by atoms with E-state index in [0.717, 1.165) is 37.7 Å². The van der Waals surface area contributed by atoms with Gasteiger partial charge in [0, 0.05) is 18.1 Å². The van der Waals surface area contributed by atoms with Gasteiger partial charge in [-0.1, -0.05) is 38.0 Å². The minimum atomic E-state index is 0.101. The van der Waals surface area contributed by atoms with Crippen LogP contribution < -0.4 is 0 Å². The molecule has 0 aromatic carbocycles. The van der Waals surface area contributed by atoms with Gasteiger partial charge in [0.2, 0.25) is 0 Å². The molecule has 3 nitrogen and oxygen atoms in total. The predicted molar refractivity (Wildman–Crippen MR) is 93.2 cm³/mol.